The number of ether oxygens (including phenoxy) is 1. The van der Waals surface area contributed by atoms with Crippen LogP contribution in [0, 0.1) is 0 Å². The molecule has 0 bridgehead atoms. The second-order valence-electron chi connectivity index (χ2n) is 4.12. The molecule has 0 saturated carbocycles. The number of hydrogen-bond donors (Lipinski definition) is 1. The van der Waals surface area contributed by atoms with Crippen molar-refractivity contribution >= 4 is 11.6 Å². The van der Waals surface area contributed by atoms with Crippen LogP contribution in [0.25, 0.3) is 0 Å². The number of benzene rings is 1. The molecular weight excluding hydrogens is 250 g/mol. The zero-order valence-electron chi connectivity index (χ0n) is 10.4. The fourth-order valence-electron chi connectivity index (χ4n) is 2.04. The van der Waals surface area contributed by atoms with Gasteiger partial charge < -0.3 is 10.5 Å². The maximum Gasteiger partial charge on any atom is 0.122 e. The molecule has 0 fully saturated rings. The Labute approximate surface area is 111 Å². The molecule has 18 heavy (non-hydrogen) atoms. The second-order valence-corrected chi connectivity index (χ2v) is 4.53. The molecule has 5 heteroatoms. The standard InChI is InChI=1S/C13H16ClN3O/c1-17-13(10(14)8-16-17)11(15)7-9-5-3-4-6-12(9)18-2/h3-6,8,11H,7,15H2,1-2H3. The number of aromatic nitrogens is 2. The number of methoxy groups -OCH3 is 1. The Morgan fingerprint density at radius 3 is 2.78 bits per heavy atom. The van der Waals surface area contributed by atoms with E-state index >= 15 is 0 Å². The third-order valence-electron chi connectivity index (χ3n) is 2.92. The van der Waals surface area contributed by atoms with Crippen molar-refractivity contribution in [3.05, 3.63) is 46.7 Å². The van der Waals surface area contributed by atoms with Gasteiger partial charge in [-0.15, -0.1) is 0 Å². The lowest BCUT2D eigenvalue weighted by atomic mass is 10.0. The molecule has 0 spiro atoms. The normalized spacial score (nSPS) is 12.4. The maximum atomic E-state index is 6.20. The van der Waals surface area contributed by atoms with Gasteiger partial charge in [0.05, 0.1) is 30.1 Å². The van der Waals surface area contributed by atoms with Crippen LogP contribution in [0.2, 0.25) is 5.02 Å². The third-order valence-corrected chi connectivity index (χ3v) is 3.21. The molecule has 1 aromatic carbocycles. The Bertz CT molecular complexity index is 519. The molecule has 2 rings (SSSR count). The molecule has 4 nitrogen and oxygen atoms in total. The average molecular weight is 266 g/mol. The molecule has 1 aromatic heterocycles. The van der Waals surface area contributed by atoms with Gasteiger partial charge in [0.15, 0.2) is 0 Å². The van der Waals surface area contributed by atoms with Gasteiger partial charge in [-0.2, -0.15) is 5.10 Å². The van der Waals surface area contributed by atoms with Crippen LogP contribution in [0.5, 0.6) is 5.75 Å². The first-order chi connectivity index (χ1) is 8.63. The summed E-state index contributed by atoms with van der Waals surface area (Å²) in [6.45, 7) is 0. The quantitative estimate of drug-likeness (QED) is 0.923. The first-order valence-electron chi connectivity index (χ1n) is 5.68. The minimum absolute atomic E-state index is 0.207. The molecule has 0 saturated heterocycles. The number of hydrogen-bond acceptors (Lipinski definition) is 3. The summed E-state index contributed by atoms with van der Waals surface area (Å²) >= 11 is 6.09. The number of para-hydroxylation sites is 1. The van der Waals surface area contributed by atoms with Gasteiger partial charge in [0.25, 0.3) is 0 Å². The average Bonchev–Trinajstić information content (AvgIpc) is 2.69. The lowest BCUT2D eigenvalue weighted by molar-refractivity contribution is 0.407. The summed E-state index contributed by atoms with van der Waals surface area (Å²) in [5, 5.41) is 4.69. The maximum absolute atomic E-state index is 6.20. The van der Waals surface area contributed by atoms with Gasteiger partial charge >= 0.3 is 0 Å². The Kier molecular flexibility index (Phi) is 3.89. The third kappa shape index (κ3) is 2.49. The highest BCUT2D eigenvalue weighted by Crippen LogP contribution is 2.26. The Hall–Kier alpha value is -1.52. The van der Waals surface area contributed by atoms with Crippen molar-refractivity contribution in [3.8, 4) is 5.75 Å². The molecule has 1 heterocycles. The summed E-state index contributed by atoms with van der Waals surface area (Å²) in [4.78, 5) is 0. The smallest absolute Gasteiger partial charge is 0.122 e. The largest absolute Gasteiger partial charge is 0.496 e. The van der Waals surface area contributed by atoms with Crippen molar-refractivity contribution in [3.63, 3.8) is 0 Å². The first kappa shape index (κ1) is 12.9. The van der Waals surface area contributed by atoms with Crippen molar-refractivity contribution in [2.24, 2.45) is 12.8 Å². The molecule has 0 aliphatic carbocycles. The van der Waals surface area contributed by atoms with E-state index in [-0.39, 0.29) is 6.04 Å². The molecule has 2 N–H and O–H groups in total. The van der Waals surface area contributed by atoms with E-state index in [0.717, 1.165) is 17.0 Å². The fraction of sp³-hybridized carbons (Fsp3) is 0.308. The van der Waals surface area contributed by atoms with Crippen LogP contribution in [-0.4, -0.2) is 16.9 Å². The molecule has 1 unspecified atom stereocenters. The highest BCUT2D eigenvalue weighted by molar-refractivity contribution is 6.31. The van der Waals surface area contributed by atoms with Crippen molar-refractivity contribution in [2.75, 3.05) is 7.11 Å². The summed E-state index contributed by atoms with van der Waals surface area (Å²) in [6, 6.07) is 7.62. The molecule has 1 atom stereocenters. The van der Waals surface area contributed by atoms with Gasteiger partial charge in [-0.1, -0.05) is 29.8 Å². The van der Waals surface area contributed by atoms with Crippen molar-refractivity contribution < 1.29 is 4.74 Å². The van der Waals surface area contributed by atoms with Gasteiger partial charge in [-0.05, 0) is 18.1 Å². The zero-order chi connectivity index (χ0) is 13.1. The SMILES string of the molecule is COc1ccccc1CC(N)c1c(Cl)cnn1C. The highest BCUT2D eigenvalue weighted by Gasteiger charge is 2.17. The lowest BCUT2D eigenvalue weighted by Crippen LogP contribution is -2.18. The predicted octanol–water partition coefficient (Wildman–Crippen LogP) is 2.32. The van der Waals surface area contributed by atoms with Crippen LogP contribution in [0.1, 0.15) is 17.3 Å². The first-order valence-corrected chi connectivity index (χ1v) is 6.06. The molecule has 96 valence electrons. The molecule has 0 aliphatic heterocycles. The fourth-order valence-corrected chi connectivity index (χ4v) is 2.35. The molecular formula is C13H16ClN3O. The summed E-state index contributed by atoms with van der Waals surface area (Å²) in [6.07, 6.45) is 2.27. The van der Waals surface area contributed by atoms with E-state index < -0.39 is 0 Å². The Morgan fingerprint density at radius 1 is 1.44 bits per heavy atom. The van der Waals surface area contributed by atoms with E-state index in [0.29, 0.717) is 11.4 Å². The van der Waals surface area contributed by atoms with Crippen LogP contribution >= 0.6 is 11.6 Å². The van der Waals surface area contributed by atoms with E-state index in [9.17, 15) is 0 Å². The lowest BCUT2D eigenvalue weighted by Gasteiger charge is -2.15. The van der Waals surface area contributed by atoms with Gasteiger partial charge in [0, 0.05) is 7.05 Å². The van der Waals surface area contributed by atoms with Crippen LogP contribution in [-0.2, 0) is 13.5 Å². The van der Waals surface area contributed by atoms with E-state index in [1.54, 1.807) is 18.0 Å². The number of nitrogens with zero attached hydrogens (tertiary/aromatic N) is 2. The topological polar surface area (TPSA) is 53.1 Å². The summed E-state index contributed by atoms with van der Waals surface area (Å²) in [5.41, 5.74) is 8.09. The van der Waals surface area contributed by atoms with Crippen molar-refractivity contribution in [1.29, 1.82) is 0 Å². The summed E-state index contributed by atoms with van der Waals surface area (Å²) in [7, 11) is 3.49. The van der Waals surface area contributed by atoms with Gasteiger partial charge in [-0.25, -0.2) is 0 Å². The van der Waals surface area contributed by atoms with Crippen LogP contribution in [0.3, 0.4) is 0 Å². The van der Waals surface area contributed by atoms with Crippen molar-refractivity contribution in [2.45, 2.75) is 12.5 Å². The monoisotopic (exact) mass is 265 g/mol. The Morgan fingerprint density at radius 2 is 2.17 bits per heavy atom. The molecule has 0 radical (unpaired) electrons. The Balaban J connectivity index is 2.24. The zero-order valence-corrected chi connectivity index (χ0v) is 11.2. The summed E-state index contributed by atoms with van der Waals surface area (Å²) < 4.78 is 7.02. The second kappa shape index (κ2) is 5.42. The number of aryl methyl sites for hydroxylation is 1. The minimum atomic E-state index is -0.207. The molecule has 2 aromatic rings. The number of rotatable bonds is 4. The summed E-state index contributed by atoms with van der Waals surface area (Å²) in [5.74, 6) is 0.839. The van der Waals surface area contributed by atoms with Crippen LogP contribution in [0.4, 0.5) is 0 Å². The number of nitrogens with two attached hydrogens (primary N) is 1. The number of halogens is 1. The van der Waals surface area contributed by atoms with Crippen LogP contribution < -0.4 is 10.5 Å². The predicted molar refractivity (Wildman–Crippen MR) is 71.8 cm³/mol. The van der Waals surface area contributed by atoms with Gasteiger partial charge in [-0.3, -0.25) is 4.68 Å². The van der Waals surface area contributed by atoms with E-state index in [1.807, 2.05) is 31.3 Å². The van der Waals surface area contributed by atoms with Gasteiger partial charge in [0.1, 0.15) is 5.75 Å². The van der Waals surface area contributed by atoms with E-state index in [1.165, 1.54) is 0 Å². The minimum Gasteiger partial charge on any atom is -0.496 e. The van der Waals surface area contributed by atoms with Gasteiger partial charge in [0.2, 0.25) is 0 Å². The highest BCUT2D eigenvalue weighted by atomic mass is 35.5. The van der Waals surface area contributed by atoms with E-state index in [4.69, 9.17) is 22.1 Å². The molecule has 0 aliphatic rings. The molecule has 0 amide bonds. The van der Waals surface area contributed by atoms with Crippen molar-refractivity contribution in [1.82, 2.24) is 9.78 Å². The van der Waals surface area contributed by atoms with E-state index in [2.05, 4.69) is 5.10 Å². The van der Waals surface area contributed by atoms with Crippen LogP contribution in [0.15, 0.2) is 30.5 Å².